The maximum Gasteiger partial charge on any atom is 0.417 e. The van der Waals surface area contributed by atoms with Crippen molar-refractivity contribution < 1.29 is 31.9 Å². The van der Waals surface area contributed by atoms with Crippen LogP contribution >= 0.6 is 11.6 Å². The number of hydrogen-bond donors (Lipinski definition) is 0. The number of carbonyl (C=O) groups excluding carboxylic acids is 1. The Kier molecular flexibility index (Phi) is 5.53. The Morgan fingerprint density at radius 2 is 2.03 bits per heavy atom. The summed E-state index contributed by atoms with van der Waals surface area (Å²) in [5, 5.41) is 3.88. The Bertz CT molecular complexity index is 977. The molecule has 5 nitrogen and oxygen atoms in total. The minimum absolute atomic E-state index is 0.00798. The van der Waals surface area contributed by atoms with Gasteiger partial charge in [-0.3, -0.25) is 4.98 Å². The van der Waals surface area contributed by atoms with Crippen molar-refractivity contribution in [2.24, 2.45) is 5.16 Å². The van der Waals surface area contributed by atoms with Crippen LogP contribution in [-0.4, -0.2) is 28.9 Å². The molecule has 0 amide bonds. The number of aromatic nitrogens is 1. The van der Waals surface area contributed by atoms with Crippen LogP contribution in [0.15, 0.2) is 35.6 Å². The van der Waals surface area contributed by atoms with Crippen LogP contribution in [0, 0.1) is 5.82 Å². The lowest BCUT2D eigenvalue weighted by Crippen LogP contribution is -2.37. The fourth-order valence-corrected chi connectivity index (χ4v) is 3.02. The molecule has 2 heterocycles. The van der Waals surface area contributed by atoms with Crippen molar-refractivity contribution in [1.29, 1.82) is 0 Å². The number of oxime groups is 1. The topological polar surface area (TPSA) is 60.8 Å². The summed E-state index contributed by atoms with van der Waals surface area (Å²) < 4.78 is 57.5. The first-order valence-electron chi connectivity index (χ1n) is 8.50. The first-order valence-corrected chi connectivity index (χ1v) is 8.88. The van der Waals surface area contributed by atoms with E-state index in [-0.39, 0.29) is 40.6 Å². The highest BCUT2D eigenvalue weighted by molar-refractivity contribution is 6.34. The smallest absolute Gasteiger partial charge is 0.417 e. The van der Waals surface area contributed by atoms with Crippen molar-refractivity contribution in [2.75, 3.05) is 6.61 Å². The van der Waals surface area contributed by atoms with Gasteiger partial charge in [0.15, 0.2) is 0 Å². The predicted octanol–water partition coefficient (Wildman–Crippen LogP) is 5.01. The molecule has 1 unspecified atom stereocenters. The highest BCUT2D eigenvalue weighted by atomic mass is 35.5. The number of rotatable bonds is 4. The first kappa shape index (κ1) is 21.0. The molecule has 1 aliphatic heterocycles. The number of carbonyl (C=O) groups is 1. The summed E-state index contributed by atoms with van der Waals surface area (Å²) in [6.45, 7) is 3.31. The highest BCUT2D eigenvalue weighted by Gasteiger charge is 2.44. The van der Waals surface area contributed by atoms with Gasteiger partial charge in [-0.15, -0.1) is 0 Å². The van der Waals surface area contributed by atoms with Gasteiger partial charge >= 0.3 is 12.1 Å². The Morgan fingerprint density at radius 1 is 1.31 bits per heavy atom. The minimum atomic E-state index is -4.55. The first-order chi connectivity index (χ1) is 13.5. The largest absolute Gasteiger partial charge is 0.463 e. The number of ether oxygens (including phenoxy) is 1. The molecule has 2 aromatic rings. The summed E-state index contributed by atoms with van der Waals surface area (Å²) in [6.07, 6.45) is -3.91. The van der Waals surface area contributed by atoms with Crippen LogP contribution in [0.25, 0.3) is 11.3 Å². The van der Waals surface area contributed by atoms with E-state index in [9.17, 15) is 22.4 Å². The summed E-state index contributed by atoms with van der Waals surface area (Å²) in [4.78, 5) is 21.0. The predicted molar refractivity (Wildman–Crippen MR) is 96.9 cm³/mol. The van der Waals surface area contributed by atoms with E-state index in [1.807, 2.05) is 0 Å². The zero-order valence-corrected chi connectivity index (χ0v) is 16.1. The average molecular weight is 431 g/mol. The van der Waals surface area contributed by atoms with Gasteiger partial charge in [-0.25, -0.2) is 9.18 Å². The SMILES string of the molecule is CCOC(=O)C1(C)CC(c2cc(-c3ccc(C(F)(F)F)cn3)c(F)cc2Cl)=NO1. The molecule has 1 aromatic heterocycles. The standard InChI is InChI=1S/C19H15ClF4N2O3/c1-3-28-17(27)18(2)8-16(26-29-18)11-6-12(14(21)7-13(11)20)15-5-4-10(9-25-15)19(22,23)24/h4-7,9H,3,8H2,1-2H3. The number of halogens is 5. The zero-order chi connectivity index (χ0) is 21.4. The molecular weight excluding hydrogens is 416 g/mol. The van der Waals surface area contributed by atoms with Crippen LogP contribution in [0.1, 0.15) is 31.4 Å². The number of hydrogen-bond acceptors (Lipinski definition) is 5. The van der Waals surface area contributed by atoms with E-state index in [2.05, 4.69) is 10.1 Å². The van der Waals surface area contributed by atoms with Crippen LogP contribution in [-0.2, 0) is 20.5 Å². The number of alkyl halides is 3. The summed E-state index contributed by atoms with van der Waals surface area (Å²) in [5.74, 6) is -1.37. The van der Waals surface area contributed by atoms with Crippen LogP contribution in [0.2, 0.25) is 5.02 Å². The normalized spacial score (nSPS) is 18.9. The summed E-state index contributed by atoms with van der Waals surface area (Å²) in [5.41, 5.74) is -1.83. The van der Waals surface area contributed by atoms with Gasteiger partial charge < -0.3 is 9.57 Å². The van der Waals surface area contributed by atoms with Gasteiger partial charge in [0.2, 0.25) is 5.60 Å². The second kappa shape index (κ2) is 7.62. The van der Waals surface area contributed by atoms with E-state index >= 15 is 0 Å². The highest BCUT2D eigenvalue weighted by Crippen LogP contribution is 2.35. The molecule has 0 bridgehead atoms. The second-order valence-corrected chi connectivity index (χ2v) is 6.91. The number of pyridine rings is 1. The Balaban J connectivity index is 1.94. The Labute approximate surface area is 168 Å². The molecule has 1 atom stereocenters. The van der Waals surface area contributed by atoms with Gasteiger partial charge in [0.1, 0.15) is 5.82 Å². The maximum atomic E-state index is 14.4. The van der Waals surface area contributed by atoms with Crippen molar-refractivity contribution in [3.8, 4) is 11.3 Å². The monoisotopic (exact) mass is 430 g/mol. The van der Waals surface area contributed by atoms with E-state index in [1.165, 1.54) is 13.0 Å². The fraction of sp³-hybridized carbons (Fsp3) is 0.316. The average Bonchev–Trinajstić information content (AvgIpc) is 3.05. The molecule has 0 aliphatic carbocycles. The fourth-order valence-electron chi connectivity index (χ4n) is 2.76. The molecule has 29 heavy (non-hydrogen) atoms. The van der Waals surface area contributed by atoms with Crippen molar-refractivity contribution in [2.45, 2.75) is 32.0 Å². The van der Waals surface area contributed by atoms with Crippen LogP contribution < -0.4 is 0 Å². The minimum Gasteiger partial charge on any atom is -0.463 e. The van der Waals surface area contributed by atoms with E-state index in [4.69, 9.17) is 21.2 Å². The molecule has 154 valence electrons. The molecule has 0 saturated carbocycles. The lowest BCUT2D eigenvalue weighted by Gasteiger charge is -2.18. The summed E-state index contributed by atoms with van der Waals surface area (Å²) in [6, 6.07) is 4.19. The van der Waals surface area contributed by atoms with E-state index < -0.39 is 29.1 Å². The maximum absolute atomic E-state index is 14.4. The van der Waals surface area contributed by atoms with Crippen molar-refractivity contribution in [1.82, 2.24) is 4.98 Å². The van der Waals surface area contributed by atoms with Gasteiger partial charge in [0.25, 0.3) is 0 Å². The van der Waals surface area contributed by atoms with Crippen LogP contribution in [0.5, 0.6) is 0 Å². The number of esters is 1. The van der Waals surface area contributed by atoms with E-state index in [1.54, 1.807) is 6.92 Å². The summed E-state index contributed by atoms with van der Waals surface area (Å²) in [7, 11) is 0. The van der Waals surface area contributed by atoms with Gasteiger partial charge in [-0.05, 0) is 38.1 Å². The van der Waals surface area contributed by atoms with Gasteiger partial charge in [0.05, 0.1) is 28.6 Å². The molecule has 0 spiro atoms. The van der Waals surface area contributed by atoms with Gasteiger partial charge in [-0.2, -0.15) is 13.2 Å². The van der Waals surface area contributed by atoms with Crippen molar-refractivity contribution >= 4 is 23.3 Å². The third-order valence-electron chi connectivity index (χ3n) is 4.30. The number of nitrogens with zero attached hydrogens (tertiary/aromatic N) is 2. The Hall–Kier alpha value is -2.68. The quantitative estimate of drug-likeness (QED) is 0.505. The third kappa shape index (κ3) is 4.19. The number of benzene rings is 1. The molecule has 1 aliphatic rings. The zero-order valence-electron chi connectivity index (χ0n) is 15.3. The molecule has 0 N–H and O–H groups in total. The van der Waals surface area contributed by atoms with Crippen LogP contribution in [0.4, 0.5) is 17.6 Å². The van der Waals surface area contributed by atoms with E-state index in [0.29, 0.717) is 6.20 Å². The summed E-state index contributed by atoms with van der Waals surface area (Å²) >= 11 is 6.13. The van der Waals surface area contributed by atoms with Gasteiger partial charge in [0, 0.05) is 23.7 Å². The Morgan fingerprint density at radius 3 is 2.62 bits per heavy atom. The molecule has 1 aromatic carbocycles. The molecule has 0 saturated heterocycles. The molecular formula is C19H15ClF4N2O3. The third-order valence-corrected chi connectivity index (χ3v) is 4.62. The molecule has 0 radical (unpaired) electrons. The van der Waals surface area contributed by atoms with Crippen LogP contribution in [0.3, 0.4) is 0 Å². The second-order valence-electron chi connectivity index (χ2n) is 6.50. The lowest BCUT2D eigenvalue weighted by molar-refractivity contribution is -0.166. The van der Waals surface area contributed by atoms with E-state index in [0.717, 1.165) is 18.2 Å². The molecule has 3 rings (SSSR count). The molecule has 10 heteroatoms. The lowest BCUT2D eigenvalue weighted by atomic mass is 9.94. The van der Waals surface area contributed by atoms with Crippen molar-refractivity contribution in [3.63, 3.8) is 0 Å². The van der Waals surface area contributed by atoms with Gasteiger partial charge in [-0.1, -0.05) is 16.8 Å². The molecule has 0 fully saturated rings. The van der Waals surface area contributed by atoms with Crippen molar-refractivity contribution in [3.05, 3.63) is 52.4 Å².